The summed E-state index contributed by atoms with van der Waals surface area (Å²) in [6.07, 6.45) is 27.8. The molecule has 1 amide bonds. The molecule has 0 spiro atoms. The minimum Gasteiger partial charge on any atom is -0.508 e. The number of benzene rings is 2. The number of phenolic OH excluding ortho intramolecular Hbond substituents is 2. The molecule has 2 atom stereocenters. The van der Waals surface area contributed by atoms with E-state index in [1.54, 1.807) is 57.0 Å². The summed E-state index contributed by atoms with van der Waals surface area (Å²) in [5.41, 5.74) is 11.2. The second-order valence-electron chi connectivity index (χ2n) is 46.7. The Morgan fingerprint density at radius 2 is 1.10 bits per heavy atom. The van der Waals surface area contributed by atoms with Crippen molar-refractivity contribution in [3.05, 3.63) is 143 Å². The molecule has 5 heterocycles. The lowest BCUT2D eigenvalue weighted by molar-refractivity contribution is -0.873. The number of aromatic hydroxyl groups is 3. The number of esters is 1. The number of allylic oxidation sites excluding steroid dienone is 7. The Morgan fingerprint density at radius 1 is 0.625 bits per heavy atom. The van der Waals surface area contributed by atoms with Crippen molar-refractivity contribution in [2.45, 2.75) is 349 Å². The summed E-state index contributed by atoms with van der Waals surface area (Å²) >= 11 is 4.07. The number of aromatic amines is 2. The third kappa shape index (κ3) is 57.4. The number of aryl methyl sites for hydroxylation is 2. The van der Waals surface area contributed by atoms with Crippen LogP contribution in [0.5, 0.6) is 17.2 Å². The number of carbonyl (C=O) groups is 9. The number of thiol groups is 1. The van der Waals surface area contributed by atoms with Crippen LogP contribution in [0.1, 0.15) is 315 Å². The molecule has 770 valence electrons. The van der Waals surface area contributed by atoms with Gasteiger partial charge in [-0.15, -0.1) is 0 Å². The van der Waals surface area contributed by atoms with Crippen LogP contribution >= 0.6 is 12.6 Å². The van der Waals surface area contributed by atoms with Gasteiger partial charge in [-0.3, -0.25) is 43.3 Å². The van der Waals surface area contributed by atoms with Gasteiger partial charge in [0.05, 0.1) is 52.2 Å². The number of aromatic nitrogens is 3. The number of ether oxygens (including phenoxy) is 1. The number of hydrogen-bond donors (Lipinski definition) is 12. The zero-order valence-electron chi connectivity index (χ0n) is 91.5. The smallest absolute Gasteiger partial charge is 0.330 e. The molecular weight excluding hydrogens is 1730 g/mol. The monoisotopic (exact) mass is 1920 g/mol. The Balaban J connectivity index is -0.00000146. The second-order valence-corrected chi connectivity index (χ2v) is 47.1. The lowest BCUT2D eigenvalue weighted by Crippen LogP contribution is -2.50. The molecule has 0 radical (unpaired) electrons. The van der Waals surface area contributed by atoms with E-state index >= 15 is 0 Å². The number of hydrogen-bond acceptors (Lipinski definition) is 22. The SMILES string of the molecule is CC(=O)/C=C/C(=O)C(C)(C)C.CC(C)(C)C(=O)CC(O)C[N+](C)(C)C.CC(C)(C)C(=O)[C@@H](N)Cc1c[nH]c2ccc(O)cc12.CC(C)(C)CCCc1c[nH]c2ccc(O)cc12.CC(C)(C)N1CN=C2NCC=C2C1=O.CC(C)(C)NCCS.CC/C=C\CC(=O)C(C)(C)C.CC/C=C\CC(C)(C)C(=O)C(C)(C)C.COC(=O)/C=C/C(=O)C(C)(C)C.Cc1ncc(CO)c(CNC(C)(C)C)c1O. The van der Waals surface area contributed by atoms with Crippen LogP contribution in [0.3, 0.4) is 0 Å². The first-order chi connectivity index (χ1) is 61.6. The fraction of sp³-hybridized carbons (Fsp3) is 0.627. The van der Waals surface area contributed by atoms with E-state index in [9.17, 15) is 68.7 Å². The van der Waals surface area contributed by atoms with Crippen LogP contribution < -0.4 is 21.7 Å². The number of nitrogens with one attached hydrogen (secondary N) is 5. The van der Waals surface area contributed by atoms with Crippen LogP contribution in [0.25, 0.3) is 21.8 Å². The molecule has 7 rings (SSSR count). The summed E-state index contributed by atoms with van der Waals surface area (Å²) in [4.78, 5) is 119. The highest BCUT2D eigenvalue weighted by Crippen LogP contribution is 2.34. The molecule has 2 aromatic carbocycles. The summed E-state index contributed by atoms with van der Waals surface area (Å²) in [6, 6.07) is 10.1. The number of carbonyl (C=O) groups excluding carboxylic acids is 9. The molecule has 1 unspecified atom stereocenters. The highest BCUT2D eigenvalue weighted by Gasteiger charge is 2.37. The van der Waals surface area contributed by atoms with Crippen LogP contribution in [-0.2, 0) is 73.9 Å². The summed E-state index contributed by atoms with van der Waals surface area (Å²) in [5.74, 6) is 2.59. The van der Waals surface area contributed by atoms with Crippen molar-refractivity contribution in [3.8, 4) is 17.2 Å². The Bertz CT molecular complexity index is 4740. The number of methoxy groups -OCH3 is 1. The molecule has 26 heteroatoms. The number of amides is 1. The Morgan fingerprint density at radius 3 is 1.51 bits per heavy atom. The minimum absolute atomic E-state index is 0.0206. The van der Waals surface area contributed by atoms with E-state index in [2.05, 4.69) is 148 Å². The van der Waals surface area contributed by atoms with Crippen LogP contribution in [0, 0.1) is 50.2 Å². The number of nitrogens with zero attached hydrogens (tertiary/aromatic N) is 4. The average molecular weight is 1920 g/mol. The van der Waals surface area contributed by atoms with Gasteiger partial charge >= 0.3 is 5.97 Å². The first-order valence-corrected chi connectivity index (χ1v) is 48.2. The molecular formula is C110H185N10O15S+. The number of fused-ring (bicyclic) bond motifs is 3. The summed E-state index contributed by atoms with van der Waals surface area (Å²) in [6.45, 7) is 74.0. The maximum Gasteiger partial charge on any atom is 0.330 e. The Kier molecular flexibility index (Phi) is 56.7. The number of rotatable bonds is 26. The van der Waals surface area contributed by atoms with Crippen molar-refractivity contribution in [1.82, 2.24) is 35.8 Å². The van der Waals surface area contributed by atoms with Crippen LogP contribution in [-0.4, -0.2) is 197 Å². The highest BCUT2D eigenvalue weighted by atomic mass is 32.1. The number of aliphatic hydroxyl groups excluding tert-OH is 2. The molecule has 0 aliphatic carbocycles. The van der Waals surface area contributed by atoms with E-state index in [1.165, 1.54) is 50.7 Å². The number of nitrogens with two attached hydrogens (primary N) is 1. The second kappa shape index (κ2) is 58.8. The number of amidine groups is 1. The van der Waals surface area contributed by atoms with Crippen LogP contribution in [0.2, 0.25) is 0 Å². The Hall–Kier alpha value is -9.02. The molecule has 0 saturated heterocycles. The van der Waals surface area contributed by atoms with Gasteiger partial charge in [0.1, 0.15) is 59.8 Å². The number of quaternary nitrogens is 1. The first-order valence-electron chi connectivity index (χ1n) is 47.6. The zero-order chi connectivity index (χ0) is 107. The first kappa shape index (κ1) is 131. The number of aliphatic imine (C=N–C) groups is 1. The van der Waals surface area contributed by atoms with Gasteiger partial charge in [0.15, 0.2) is 23.1 Å². The quantitative estimate of drug-likeness (QED) is 0.00804. The topological polar surface area (TPSA) is 386 Å². The number of pyridine rings is 1. The Labute approximate surface area is 825 Å². The summed E-state index contributed by atoms with van der Waals surface area (Å²) < 4.78 is 5.01. The average Bonchev–Trinajstić information content (AvgIpc) is 1.59. The maximum atomic E-state index is 12.1. The van der Waals surface area contributed by atoms with Gasteiger partial charge < -0.3 is 71.3 Å². The van der Waals surface area contributed by atoms with E-state index in [0.717, 1.165) is 94.9 Å². The molecule has 0 saturated carbocycles. The molecule has 3 aromatic heterocycles. The number of likely N-dealkylation sites (N-methyl/N-ethyl adjacent to an activating group) is 1. The van der Waals surface area contributed by atoms with Gasteiger partial charge in [-0.05, 0) is 198 Å². The van der Waals surface area contributed by atoms with E-state index in [1.807, 2.05) is 202 Å². The van der Waals surface area contributed by atoms with Gasteiger partial charge in [-0.2, -0.15) is 12.6 Å². The number of ketones is 7. The molecule has 5 aromatic rings. The third-order valence-electron chi connectivity index (χ3n) is 20.4. The van der Waals surface area contributed by atoms with Gasteiger partial charge in [0.2, 0.25) is 0 Å². The van der Waals surface area contributed by atoms with Crippen molar-refractivity contribution in [2.75, 3.05) is 60.3 Å². The van der Waals surface area contributed by atoms with Gasteiger partial charge in [0.25, 0.3) is 5.91 Å². The van der Waals surface area contributed by atoms with Gasteiger partial charge in [0, 0.05) is 150 Å². The molecule has 2 aliphatic rings. The lowest BCUT2D eigenvalue weighted by Gasteiger charge is -2.36. The van der Waals surface area contributed by atoms with Crippen molar-refractivity contribution in [3.63, 3.8) is 0 Å². The standard InChI is InChI=1S/C15H20N2O2.C15H21NO.C13H24O.C12H20N2O2.C11H24NO2.C10H15N3O.C10H18O.C9H14O3.C9H14O2.C6H15NS/c1-15(2,3)14(19)12(16)6-9-8-17-13-5-4-10(18)7-11(9)13;1-15(2,3)8-4-5-11-10-16-14-7-6-12(17)9-13(11)14;1-7-8-9-10-13(5,6)11(14)12(2,3)4;1-8-11(16)10(6-14-12(2,3)4)9(7-15)5-13-8;1-11(2,3)10(14)7-9(13)8-12(4,5)6;1-10(2,3)13-6-12-8-7(9(13)14)4-5-11-8;1-5-6-7-8-9(11)10(2,3)4;1-9(2,3)7(10)5-6-8(11)12-4;1-7(10)5-6-8(11)9(2,3)4;1-6(2,3)7-4-5-8/h4-5,7-8,12,17-18H,6,16H2,1-3H3;6-7,9-10,16-17H,4-5,8H2,1-3H3;8-9H,7,10H2,1-6H3;5,14-16H,6-7H2,1-4H3;9,13H,7-8H2,1-6H3;4H,5-6H2,1-3H3,(H,11,12);6-7H,5,8H2,1-4H3;5-6H,1-4H3;5-6H,1-4H3;7-8H,4-5H2,1-3H3/q;;;;+1;;;;;/b;;9-8-;;;;7-6-;2*6-5+;/t12-;;;;;;;;;/m0........./s1. The molecule has 25 nitrogen and oxygen atoms in total. The third-order valence-corrected chi connectivity index (χ3v) is 20.7. The molecule has 136 heavy (non-hydrogen) atoms. The highest BCUT2D eigenvalue weighted by molar-refractivity contribution is 7.80. The lowest BCUT2D eigenvalue weighted by atomic mass is 9.73. The van der Waals surface area contributed by atoms with E-state index in [0.29, 0.717) is 71.1 Å². The van der Waals surface area contributed by atoms with Crippen molar-refractivity contribution < 1.29 is 77.9 Å². The summed E-state index contributed by atoms with van der Waals surface area (Å²) in [5, 5.41) is 59.5. The summed E-state index contributed by atoms with van der Waals surface area (Å²) in [7, 11) is 7.29. The van der Waals surface area contributed by atoms with Crippen LogP contribution in [0.15, 0.2) is 120 Å². The predicted molar refractivity (Wildman–Crippen MR) is 567 cm³/mol. The predicted octanol–water partition coefficient (Wildman–Crippen LogP) is 21.0. The molecule has 0 fully saturated rings. The van der Waals surface area contributed by atoms with E-state index in [4.69, 9.17) is 5.73 Å². The normalized spacial score (nSPS) is 13.7. The fourth-order valence-electron chi connectivity index (χ4n) is 12.3. The van der Waals surface area contributed by atoms with E-state index < -0.39 is 28.9 Å². The van der Waals surface area contributed by atoms with Gasteiger partial charge in [-0.1, -0.05) is 197 Å². The number of phenols is 2. The number of aliphatic hydroxyl groups is 2. The fourth-order valence-corrected chi connectivity index (χ4v) is 12.4. The van der Waals surface area contributed by atoms with Crippen molar-refractivity contribution >= 4 is 92.6 Å². The zero-order valence-corrected chi connectivity index (χ0v) is 92.4. The van der Waals surface area contributed by atoms with E-state index in [-0.39, 0.29) is 103 Å². The molecule has 12 N–H and O–H groups in total. The maximum absolute atomic E-state index is 12.1. The number of H-pyrrole nitrogens is 2. The molecule has 0 bridgehead atoms. The van der Waals surface area contributed by atoms with Crippen molar-refractivity contribution in [2.24, 2.45) is 54.0 Å². The number of Topliss-reactive ketones (excluding diaryl/α,β-unsaturated/α-hetero) is 4. The largest absolute Gasteiger partial charge is 0.508 e. The van der Waals surface area contributed by atoms with Crippen LogP contribution in [0.4, 0.5) is 0 Å². The van der Waals surface area contributed by atoms with Gasteiger partial charge in [-0.25, -0.2) is 9.79 Å². The molecule has 2 aliphatic heterocycles. The van der Waals surface area contributed by atoms with Crippen molar-refractivity contribution in [1.29, 1.82) is 0 Å². The minimum atomic E-state index is -0.527.